The van der Waals surface area contributed by atoms with Crippen LogP contribution in [0.5, 0.6) is 11.5 Å². The minimum absolute atomic E-state index is 0.158. The van der Waals surface area contributed by atoms with Gasteiger partial charge >= 0.3 is 5.97 Å². The van der Waals surface area contributed by atoms with Gasteiger partial charge in [0.1, 0.15) is 29.4 Å². The summed E-state index contributed by atoms with van der Waals surface area (Å²) < 4.78 is 27.3. The molecule has 0 bridgehead atoms. The van der Waals surface area contributed by atoms with Crippen molar-refractivity contribution in [1.29, 1.82) is 0 Å². The molecule has 2 aromatic heterocycles. The molecule has 5 rings (SSSR count). The van der Waals surface area contributed by atoms with Crippen molar-refractivity contribution < 1.29 is 28.1 Å². The number of fused-ring (bicyclic) bond motifs is 1. The lowest BCUT2D eigenvalue weighted by atomic mass is 10.1. The molecule has 2 heterocycles. The molecule has 3 aromatic carbocycles. The normalized spacial score (nSPS) is 11.0. The number of benzene rings is 3. The fourth-order valence-electron chi connectivity index (χ4n) is 3.73. The number of ether oxygens (including phenoxy) is 3. The van der Waals surface area contributed by atoms with E-state index < -0.39 is 5.97 Å². The predicted molar refractivity (Wildman–Crippen MR) is 130 cm³/mol. The minimum atomic E-state index is -0.565. The molecule has 0 saturated carbocycles. The van der Waals surface area contributed by atoms with Gasteiger partial charge in [0, 0.05) is 5.56 Å². The number of hydrogen-bond acceptors (Lipinski definition) is 9. The number of rotatable bonds is 8. The van der Waals surface area contributed by atoms with Gasteiger partial charge in [-0.1, -0.05) is 34.6 Å². The topological polar surface area (TPSA) is 110 Å². The van der Waals surface area contributed by atoms with Crippen molar-refractivity contribution in [3.63, 3.8) is 0 Å². The molecule has 9 nitrogen and oxygen atoms in total. The summed E-state index contributed by atoms with van der Waals surface area (Å²) in [5.74, 6) is 1.78. The molecule has 0 saturated heterocycles. The first kappa shape index (κ1) is 23.1. The van der Waals surface area contributed by atoms with Gasteiger partial charge in [0.05, 0.1) is 18.4 Å². The van der Waals surface area contributed by atoms with Gasteiger partial charge in [-0.05, 0) is 61.0 Å². The first-order valence-corrected chi connectivity index (χ1v) is 11.2. The molecule has 0 radical (unpaired) electrons. The van der Waals surface area contributed by atoms with Crippen LogP contribution in [0.25, 0.3) is 22.2 Å². The van der Waals surface area contributed by atoms with Crippen LogP contribution in [0.15, 0.2) is 69.7 Å². The Kier molecular flexibility index (Phi) is 6.36. The molecule has 0 amide bonds. The van der Waals surface area contributed by atoms with Crippen LogP contribution in [0.2, 0.25) is 0 Å². The maximum Gasteiger partial charge on any atom is 0.342 e. The summed E-state index contributed by atoms with van der Waals surface area (Å²) >= 11 is 0. The summed E-state index contributed by atoms with van der Waals surface area (Å²) in [6.07, 6.45) is 0. The fourth-order valence-corrected chi connectivity index (χ4v) is 3.73. The number of esters is 1. The summed E-state index contributed by atoms with van der Waals surface area (Å²) in [4.78, 5) is 17.4. The molecular formula is C27H23N3O6. The summed E-state index contributed by atoms with van der Waals surface area (Å²) in [6.45, 7) is 3.71. The van der Waals surface area contributed by atoms with Gasteiger partial charge in [0.2, 0.25) is 5.82 Å². The maximum atomic E-state index is 13.1. The lowest BCUT2D eigenvalue weighted by molar-refractivity contribution is 0.0455. The number of aromatic nitrogens is 3. The number of nitrogens with zero attached hydrogens (tertiary/aromatic N) is 3. The summed E-state index contributed by atoms with van der Waals surface area (Å²) in [5.41, 5.74) is 2.59. The SMILES string of the molecule is COc1ccc(-c2nc(COC(=O)c3cc4ccccc4cc3OCc3c(C)noc3C)no2)cc1. The zero-order chi connectivity index (χ0) is 25.1. The van der Waals surface area contributed by atoms with Crippen LogP contribution in [-0.2, 0) is 18.0 Å². The largest absolute Gasteiger partial charge is 0.497 e. The van der Waals surface area contributed by atoms with Crippen LogP contribution in [0, 0.1) is 13.8 Å². The van der Waals surface area contributed by atoms with Crippen molar-refractivity contribution in [3.8, 4) is 23.0 Å². The molecule has 36 heavy (non-hydrogen) atoms. The van der Waals surface area contributed by atoms with Crippen molar-refractivity contribution in [2.75, 3.05) is 7.11 Å². The monoisotopic (exact) mass is 485 g/mol. The number of methoxy groups -OCH3 is 1. The molecule has 0 aliphatic heterocycles. The molecule has 0 atom stereocenters. The van der Waals surface area contributed by atoms with Crippen molar-refractivity contribution in [2.24, 2.45) is 0 Å². The number of carbonyl (C=O) groups excluding carboxylic acids is 1. The third-order valence-corrected chi connectivity index (χ3v) is 5.76. The number of hydrogen-bond donors (Lipinski definition) is 0. The van der Waals surface area contributed by atoms with E-state index in [1.165, 1.54) is 0 Å². The van der Waals surface area contributed by atoms with Crippen LogP contribution >= 0.6 is 0 Å². The van der Waals surface area contributed by atoms with Crippen molar-refractivity contribution in [2.45, 2.75) is 27.1 Å². The number of carbonyl (C=O) groups is 1. The van der Waals surface area contributed by atoms with Gasteiger partial charge in [-0.2, -0.15) is 4.98 Å². The van der Waals surface area contributed by atoms with E-state index in [2.05, 4.69) is 15.3 Å². The van der Waals surface area contributed by atoms with Crippen LogP contribution < -0.4 is 9.47 Å². The highest BCUT2D eigenvalue weighted by Gasteiger charge is 2.19. The van der Waals surface area contributed by atoms with E-state index in [-0.39, 0.29) is 19.0 Å². The van der Waals surface area contributed by atoms with Crippen molar-refractivity contribution in [1.82, 2.24) is 15.3 Å². The van der Waals surface area contributed by atoms with E-state index in [0.717, 1.165) is 33.3 Å². The van der Waals surface area contributed by atoms with E-state index in [9.17, 15) is 4.79 Å². The van der Waals surface area contributed by atoms with Crippen molar-refractivity contribution >= 4 is 16.7 Å². The van der Waals surface area contributed by atoms with E-state index in [1.807, 2.05) is 44.2 Å². The molecule has 5 aromatic rings. The second-order valence-corrected chi connectivity index (χ2v) is 8.11. The number of aryl methyl sites for hydroxylation is 2. The molecule has 182 valence electrons. The van der Waals surface area contributed by atoms with Crippen LogP contribution in [0.3, 0.4) is 0 Å². The van der Waals surface area contributed by atoms with Gasteiger partial charge < -0.3 is 23.3 Å². The summed E-state index contributed by atoms with van der Waals surface area (Å²) in [5, 5.41) is 9.70. The van der Waals surface area contributed by atoms with Crippen LogP contribution in [0.1, 0.15) is 33.2 Å². The molecular weight excluding hydrogens is 462 g/mol. The highest BCUT2D eigenvalue weighted by molar-refractivity contribution is 5.98. The quantitative estimate of drug-likeness (QED) is 0.265. The van der Waals surface area contributed by atoms with E-state index >= 15 is 0 Å². The first-order chi connectivity index (χ1) is 17.5. The highest BCUT2D eigenvalue weighted by Crippen LogP contribution is 2.29. The lowest BCUT2D eigenvalue weighted by Crippen LogP contribution is -2.09. The second kappa shape index (κ2) is 9.91. The van der Waals surface area contributed by atoms with Gasteiger partial charge in [0.25, 0.3) is 5.89 Å². The Morgan fingerprint density at radius 1 is 0.917 bits per heavy atom. The molecule has 9 heteroatoms. The Labute approximate surface area is 206 Å². The summed E-state index contributed by atoms with van der Waals surface area (Å²) in [7, 11) is 1.59. The standard InChI is InChI=1S/C27H23N3O6/c1-16-23(17(2)35-29-16)14-33-24-13-20-7-5-4-6-19(20)12-22(24)27(31)34-15-25-28-26(36-30-25)18-8-10-21(32-3)11-9-18/h4-13H,14-15H2,1-3H3. The summed E-state index contributed by atoms with van der Waals surface area (Å²) in [6, 6.07) is 18.5. The average molecular weight is 485 g/mol. The third kappa shape index (κ3) is 4.76. The fraction of sp³-hybridized carbons (Fsp3) is 0.185. The smallest absolute Gasteiger partial charge is 0.342 e. The van der Waals surface area contributed by atoms with Crippen molar-refractivity contribution in [3.05, 3.63) is 89.1 Å². The lowest BCUT2D eigenvalue weighted by Gasteiger charge is -2.12. The van der Waals surface area contributed by atoms with Gasteiger partial charge in [-0.15, -0.1) is 0 Å². The molecule has 0 spiro atoms. The Morgan fingerprint density at radius 2 is 1.67 bits per heavy atom. The van der Waals surface area contributed by atoms with E-state index in [1.54, 1.807) is 37.4 Å². The Hall–Kier alpha value is -4.66. The molecule has 0 aliphatic carbocycles. The molecule has 0 fully saturated rings. The Morgan fingerprint density at radius 3 is 2.36 bits per heavy atom. The zero-order valence-electron chi connectivity index (χ0n) is 20.0. The van der Waals surface area contributed by atoms with Crippen LogP contribution in [0.4, 0.5) is 0 Å². The predicted octanol–water partition coefficient (Wildman–Crippen LogP) is 5.44. The minimum Gasteiger partial charge on any atom is -0.497 e. The Balaban J connectivity index is 1.34. The highest BCUT2D eigenvalue weighted by atomic mass is 16.5. The zero-order valence-corrected chi connectivity index (χ0v) is 20.0. The first-order valence-electron chi connectivity index (χ1n) is 11.2. The average Bonchev–Trinajstić information content (AvgIpc) is 3.51. The van der Waals surface area contributed by atoms with Gasteiger partial charge in [-0.25, -0.2) is 4.79 Å². The third-order valence-electron chi connectivity index (χ3n) is 5.76. The van der Waals surface area contributed by atoms with E-state index in [4.69, 9.17) is 23.3 Å². The molecule has 0 unspecified atom stereocenters. The maximum absolute atomic E-state index is 13.1. The molecule has 0 N–H and O–H groups in total. The van der Waals surface area contributed by atoms with Crippen LogP contribution in [-0.4, -0.2) is 28.4 Å². The van der Waals surface area contributed by atoms with E-state index in [0.29, 0.717) is 23.0 Å². The van der Waals surface area contributed by atoms with Gasteiger partial charge in [0.15, 0.2) is 6.61 Å². The molecule has 0 aliphatic rings. The second-order valence-electron chi connectivity index (χ2n) is 8.11. The Bertz CT molecular complexity index is 1500. The van der Waals surface area contributed by atoms with Gasteiger partial charge in [-0.3, -0.25) is 0 Å².